The largest absolute Gasteiger partial charge is 0.0879 e. The van der Waals surface area contributed by atoms with E-state index in [1.54, 1.807) is 5.57 Å². The van der Waals surface area contributed by atoms with E-state index in [9.17, 15) is 0 Å². The van der Waals surface area contributed by atoms with Crippen molar-refractivity contribution in [3.05, 3.63) is 11.6 Å². The highest BCUT2D eigenvalue weighted by Gasteiger charge is 2.42. The van der Waals surface area contributed by atoms with Crippen LogP contribution in [0.5, 0.6) is 0 Å². The molecule has 0 bridgehead atoms. The van der Waals surface area contributed by atoms with Crippen LogP contribution in [-0.2, 0) is 0 Å². The standard InChI is InChI=1S/C12H20/c1-3-10-7-8-11-6-4-5-9-12(10,11)2/h3,11H,4-9H2,1-2H3/b10-3+/t11-,12-/m1/s1. The van der Waals surface area contributed by atoms with E-state index in [0.29, 0.717) is 5.41 Å². The van der Waals surface area contributed by atoms with Crippen molar-refractivity contribution in [1.29, 1.82) is 0 Å². The van der Waals surface area contributed by atoms with Crippen LogP contribution in [-0.4, -0.2) is 0 Å². The van der Waals surface area contributed by atoms with Crippen LogP contribution in [0.4, 0.5) is 0 Å². The Balaban J connectivity index is 2.25. The predicted molar refractivity (Wildman–Crippen MR) is 53.1 cm³/mol. The molecule has 2 aliphatic rings. The minimum Gasteiger partial charge on any atom is -0.0879 e. The van der Waals surface area contributed by atoms with E-state index >= 15 is 0 Å². The van der Waals surface area contributed by atoms with Gasteiger partial charge in [-0.05, 0) is 43.9 Å². The zero-order chi connectivity index (χ0) is 8.60. The number of fused-ring (bicyclic) bond motifs is 1. The van der Waals surface area contributed by atoms with Crippen molar-refractivity contribution in [2.75, 3.05) is 0 Å². The summed E-state index contributed by atoms with van der Waals surface area (Å²) in [5.41, 5.74) is 2.37. The smallest absolute Gasteiger partial charge is 0.00881 e. The van der Waals surface area contributed by atoms with Gasteiger partial charge in [0.05, 0.1) is 0 Å². The summed E-state index contributed by atoms with van der Waals surface area (Å²) in [5.74, 6) is 1.03. The maximum atomic E-state index is 2.50. The molecule has 2 atom stereocenters. The van der Waals surface area contributed by atoms with E-state index in [4.69, 9.17) is 0 Å². The first kappa shape index (κ1) is 8.34. The third-order valence-corrected chi connectivity index (χ3v) is 4.24. The van der Waals surface area contributed by atoms with E-state index in [2.05, 4.69) is 19.9 Å². The van der Waals surface area contributed by atoms with Gasteiger partial charge in [-0.3, -0.25) is 0 Å². The molecule has 2 rings (SSSR count). The summed E-state index contributed by atoms with van der Waals surface area (Å²) in [6.07, 6.45) is 11.1. The Labute approximate surface area is 76.1 Å². The maximum Gasteiger partial charge on any atom is -0.00881 e. The Hall–Kier alpha value is -0.260. The monoisotopic (exact) mass is 164 g/mol. The van der Waals surface area contributed by atoms with E-state index in [1.165, 1.54) is 38.5 Å². The molecular formula is C12H20. The van der Waals surface area contributed by atoms with Crippen molar-refractivity contribution >= 4 is 0 Å². The average Bonchev–Trinajstić information content (AvgIpc) is 2.41. The number of allylic oxidation sites excluding steroid dienone is 2. The van der Waals surface area contributed by atoms with Gasteiger partial charge < -0.3 is 0 Å². The van der Waals surface area contributed by atoms with Gasteiger partial charge in [0.1, 0.15) is 0 Å². The molecule has 0 aromatic carbocycles. The van der Waals surface area contributed by atoms with Crippen molar-refractivity contribution in [2.45, 2.75) is 52.4 Å². The van der Waals surface area contributed by atoms with Crippen molar-refractivity contribution in [3.63, 3.8) is 0 Å². The molecule has 0 heterocycles. The summed E-state index contributed by atoms with van der Waals surface area (Å²) in [7, 11) is 0. The van der Waals surface area contributed by atoms with Crippen molar-refractivity contribution in [1.82, 2.24) is 0 Å². The van der Waals surface area contributed by atoms with Gasteiger partial charge in [0.25, 0.3) is 0 Å². The third kappa shape index (κ3) is 1.04. The predicted octanol–water partition coefficient (Wildman–Crippen LogP) is 3.92. The third-order valence-electron chi connectivity index (χ3n) is 4.24. The van der Waals surface area contributed by atoms with Crippen LogP contribution in [0.1, 0.15) is 52.4 Å². The van der Waals surface area contributed by atoms with Crippen molar-refractivity contribution < 1.29 is 0 Å². The van der Waals surface area contributed by atoms with Gasteiger partial charge in [-0.2, -0.15) is 0 Å². The fourth-order valence-corrected chi connectivity index (χ4v) is 3.38. The quantitative estimate of drug-likeness (QED) is 0.476. The summed E-state index contributed by atoms with van der Waals surface area (Å²) in [4.78, 5) is 0. The lowest BCUT2D eigenvalue weighted by molar-refractivity contribution is 0.188. The second-order valence-corrected chi connectivity index (χ2v) is 4.71. The van der Waals surface area contributed by atoms with Gasteiger partial charge in [0, 0.05) is 0 Å². The van der Waals surface area contributed by atoms with E-state index in [0.717, 1.165) is 5.92 Å². The molecule has 0 spiro atoms. The molecule has 0 saturated heterocycles. The highest BCUT2D eigenvalue weighted by atomic mass is 14.5. The Bertz CT molecular complexity index is 202. The Morgan fingerprint density at radius 2 is 2.17 bits per heavy atom. The highest BCUT2D eigenvalue weighted by Crippen LogP contribution is 2.54. The average molecular weight is 164 g/mol. The molecule has 0 radical (unpaired) electrons. The summed E-state index contributed by atoms with van der Waals surface area (Å²) in [6.45, 7) is 4.72. The van der Waals surface area contributed by atoms with Crippen molar-refractivity contribution in [2.24, 2.45) is 11.3 Å². The Morgan fingerprint density at radius 1 is 1.33 bits per heavy atom. The molecular weight excluding hydrogens is 144 g/mol. The molecule has 0 N–H and O–H groups in total. The first-order valence-corrected chi connectivity index (χ1v) is 5.43. The molecule has 2 saturated carbocycles. The fraction of sp³-hybridized carbons (Fsp3) is 0.833. The molecule has 0 heteroatoms. The molecule has 2 aliphatic carbocycles. The van der Waals surface area contributed by atoms with Gasteiger partial charge in [0.15, 0.2) is 0 Å². The zero-order valence-electron chi connectivity index (χ0n) is 8.40. The molecule has 68 valence electrons. The van der Waals surface area contributed by atoms with Crippen LogP contribution in [0, 0.1) is 11.3 Å². The lowest BCUT2D eigenvalue weighted by Crippen LogP contribution is -2.26. The molecule has 0 amide bonds. The summed E-state index contributed by atoms with van der Waals surface area (Å²) >= 11 is 0. The Kier molecular flexibility index (Phi) is 2.02. The lowest BCUT2D eigenvalue weighted by Gasteiger charge is -2.37. The SMILES string of the molecule is C/C=C1\CC[C@H]2CCCC[C@]12C. The van der Waals surface area contributed by atoms with Gasteiger partial charge in [0.2, 0.25) is 0 Å². The minimum absolute atomic E-state index is 0.618. The zero-order valence-corrected chi connectivity index (χ0v) is 8.40. The summed E-state index contributed by atoms with van der Waals surface area (Å²) in [6, 6.07) is 0. The second-order valence-electron chi connectivity index (χ2n) is 4.71. The summed E-state index contributed by atoms with van der Waals surface area (Å²) < 4.78 is 0. The molecule has 0 aromatic rings. The van der Waals surface area contributed by atoms with Crippen LogP contribution >= 0.6 is 0 Å². The molecule has 0 aliphatic heterocycles. The summed E-state index contributed by atoms with van der Waals surface area (Å²) in [5, 5.41) is 0. The topological polar surface area (TPSA) is 0 Å². The van der Waals surface area contributed by atoms with Gasteiger partial charge >= 0.3 is 0 Å². The first-order valence-electron chi connectivity index (χ1n) is 5.43. The van der Waals surface area contributed by atoms with Gasteiger partial charge in [-0.25, -0.2) is 0 Å². The molecule has 0 aromatic heterocycles. The number of rotatable bonds is 0. The molecule has 0 unspecified atom stereocenters. The van der Waals surface area contributed by atoms with Gasteiger partial charge in [-0.1, -0.05) is 31.4 Å². The maximum absolute atomic E-state index is 2.50. The molecule has 0 nitrogen and oxygen atoms in total. The lowest BCUT2D eigenvalue weighted by atomic mass is 9.68. The Morgan fingerprint density at radius 3 is 2.92 bits per heavy atom. The van der Waals surface area contributed by atoms with Crippen LogP contribution in [0.15, 0.2) is 11.6 Å². The van der Waals surface area contributed by atoms with Crippen LogP contribution in [0.25, 0.3) is 0 Å². The van der Waals surface area contributed by atoms with Crippen LogP contribution < -0.4 is 0 Å². The van der Waals surface area contributed by atoms with E-state index in [-0.39, 0.29) is 0 Å². The highest BCUT2D eigenvalue weighted by molar-refractivity contribution is 5.20. The minimum atomic E-state index is 0.618. The molecule has 12 heavy (non-hydrogen) atoms. The van der Waals surface area contributed by atoms with E-state index in [1.807, 2.05) is 0 Å². The van der Waals surface area contributed by atoms with E-state index < -0.39 is 0 Å². The number of hydrogen-bond acceptors (Lipinski definition) is 0. The normalized spacial score (nSPS) is 44.8. The number of hydrogen-bond donors (Lipinski definition) is 0. The molecule has 2 fully saturated rings. The van der Waals surface area contributed by atoms with Crippen LogP contribution in [0.2, 0.25) is 0 Å². The fourth-order valence-electron chi connectivity index (χ4n) is 3.38. The first-order chi connectivity index (χ1) is 5.77. The van der Waals surface area contributed by atoms with Crippen LogP contribution in [0.3, 0.4) is 0 Å². The van der Waals surface area contributed by atoms with Gasteiger partial charge in [-0.15, -0.1) is 0 Å². The van der Waals surface area contributed by atoms with Crippen molar-refractivity contribution in [3.8, 4) is 0 Å². The second kappa shape index (κ2) is 2.90.